The highest BCUT2D eigenvalue weighted by atomic mass is 16.2. The van der Waals surface area contributed by atoms with E-state index in [-0.39, 0.29) is 5.91 Å². The minimum absolute atomic E-state index is 0.0384. The molecule has 0 bridgehead atoms. The molecule has 1 aromatic rings. The molecule has 0 unspecified atom stereocenters. The highest BCUT2D eigenvalue weighted by Crippen LogP contribution is 2.14. The Morgan fingerprint density at radius 2 is 2.19 bits per heavy atom. The molecule has 0 aliphatic heterocycles. The summed E-state index contributed by atoms with van der Waals surface area (Å²) in [6.45, 7) is 6.58. The second-order valence-corrected chi connectivity index (χ2v) is 3.69. The number of rotatable bonds is 3. The molecule has 0 aliphatic rings. The Morgan fingerprint density at radius 3 is 2.56 bits per heavy atom. The Bertz CT molecular complexity index is 440. The molecule has 4 heteroatoms. The van der Waals surface area contributed by atoms with E-state index < -0.39 is 0 Å². The average molecular weight is 219 g/mol. The van der Waals surface area contributed by atoms with E-state index in [1.807, 2.05) is 27.8 Å². The Morgan fingerprint density at radius 1 is 1.56 bits per heavy atom. The van der Waals surface area contributed by atoms with Crippen molar-refractivity contribution in [1.29, 1.82) is 0 Å². The molecule has 0 fully saturated rings. The predicted molar refractivity (Wildman–Crippen MR) is 63.1 cm³/mol. The highest BCUT2D eigenvalue weighted by Gasteiger charge is 2.21. The summed E-state index contributed by atoms with van der Waals surface area (Å²) in [6, 6.07) is 0. The van der Waals surface area contributed by atoms with E-state index in [0.717, 1.165) is 11.4 Å². The zero-order chi connectivity index (χ0) is 12.3. The minimum Gasteiger partial charge on any atom is -0.328 e. The highest BCUT2D eigenvalue weighted by molar-refractivity contribution is 5.96. The number of hydrogen-bond donors (Lipinski definition) is 0. The van der Waals surface area contributed by atoms with Gasteiger partial charge in [0.15, 0.2) is 0 Å². The van der Waals surface area contributed by atoms with Crippen molar-refractivity contribution in [3.05, 3.63) is 17.0 Å². The van der Waals surface area contributed by atoms with Crippen molar-refractivity contribution in [2.45, 2.75) is 20.8 Å². The standard InChI is InChI=1S/C12H17N3O/c1-6-8-15(7-2)12(16)11-9(3)13-14(5)10(11)4/h1H,7-8H2,2-5H3. The van der Waals surface area contributed by atoms with Crippen LogP contribution in [0.3, 0.4) is 0 Å². The molecular formula is C12H17N3O. The summed E-state index contributed by atoms with van der Waals surface area (Å²) in [5.41, 5.74) is 2.29. The van der Waals surface area contributed by atoms with Crippen LogP contribution in [0.25, 0.3) is 0 Å². The smallest absolute Gasteiger partial charge is 0.258 e. The zero-order valence-corrected chi connectivity index (χ0v) is 10.2. The summed E-state index contributed by atoms with van der Waals surface area (Å²) in [4.78, 5) is 13.8. The van der Waals surface area contributed by atoms with Crippen LogP contribution >= 0.6 is 0 Å². The minimum atomic E-state index is -0.0384. The van der Waals surface area contributed by atoms with Crippen molar-refractivity contribution in [2.75, 3.05) is 13.1 Å². The lowest BCUT2D eigenvalue weighted by atomic mass is 10.1. The summed E-state index contributed by atoms with van der Waals surface area (Å²) in [5, 5.41) is 4.23. The Kier molecular flexibility index (Phi) is 3.73. The summed E-state index contributed by atoms with van der Waals surface area (Å²) < 4.78 is 1.71. The van der Waals surface area contributed by atoms with Gasteiger partial charge in [-0.3, -0.25) is 9.48 Å². The molecule has 0 saturated heterocycles. The van der Waals surface area contributed by atoms with Crippen LogP contribution in [0.4, 0.5) is 0 Å². The van der Waals surface area contributed by atoms with Gasteiger partial charge in [0.1, 0.15) is 0 Å². The predicted octanol–water partition coefficient (Wildman–Crippen LogP) is 1.13. The lowest BCUT2D eigenvalue weighted by molar-refractivity contribution is 0.0783. The molecule has 0 spiro atoms. The molecule has 1 aromatic heterocycles. The molecular weight excluding hydrogens is 202 g/mol. The van der Waals surface area contributed by atoms with Crippen molar-refractivity contribution < 1.29 is 4.79 Å². The molecule has 1 amide bonds. The van der Waals surface area contributed by atoms with Crippen LogP contribution in [0.5, 0.6) is 0 Å². The fraction of sp³-hybridized carbons (Fsp3) is 0.500. The number of carbonyl (C=O) groups excluding carboxylic acids is 1. The first-order valence-corrected chi connectivity index (χ1v) is 5.25. The topological polar surface area (TPSA) is 38.1 Å². The van der Waals surface area contributed by atoms with Crippen LogP contribution in [0.1, 0.15) is 28.7 Å². The Balaban J connectivity index is 3.09. The fourth-order valence-corrected chi connectivity index (χ4v) is 1.68. The lowest BCUT2D eigenvalue weighted by Gasteiger charge is -2.18. The van der Waals surface area contributed by atoms with Crippen molar-refractivity contribution in [3.8, 4) is 12.3 Å². The first-order valence-electron chi connectivity index (χ1n) is 5.25. The number of hydrogen-bond acceptors (Lipinski definition) is 2. The van der Waals surface area contributed by atoms with E-state index in [2.05, 4.69) is 11.0 Å². The molecule has 16 heavy (non-hydrogen) atoms. The monoisotopic (exact) mass is 219 g/mol. The van der Waals surface area contributed by atoms with Gasteiger partial charge >= 0.3 is 0 Å². The lowest BCUT2D eigenvalue weighted by Crippen LogP contribution is -2.31. The third-order valence-electron chi connectivity index (χ3n) is 2.67. The molecule has 0 atom stereocenters. The van der Waals surface area contributed by atoms with Crippen molar-refractivity contribution in [3.63, 3.8) is 0 Å². The van der Waals surface area contributed by atoms with Crippen LogP contribution < -0.4 is 0 Å². The molecule has 0 aromatic carbocycles. The molecule has 0 saturated carbocycles. The van der Waals surface area contributed by atoms with Crippen molar-refractivity contribution in [1.82, 2.24) is 14.7 Å². The first kappa shape index (κ1) is 12.3. The summed E-state index contributed by atoms with van der Waals surface area (Å²) in [6.07, 6.45) is 5.24. The van der Waals surface area contributed by atoms with Crippen LogP contribution in [0, 0.1) is 26.2 Å². The third-order valence-corrected chi connectivity index (χ3v) is 2.67. The summed E-state index contributed by atoms with van der Waals surface area (Å²) >= 11 is 0. The van der Waals surface area contributed by atoms with E-state index in [1.54, 1.807) is 9.58 Å². The van der Waals surface area contributed by atoms with E-state index in [4.69, 9.17) is 6.42 Å². The number of nitrogens with zero attached hydrogens (tertiary/aromatic N) is 3. The first-order chi connectivity index (χ1) is 7.52. The zero-order valence-electron chi connectivity index (χ0n) is 10.2. The molecule has 0 radical (unpaired) electrons. The van der Waals surface area contributed by atoms with Crippen LogP contribution in [-0.2, 0) is 7.05 Å². The Hall–Kier alpha value is -1.76. The van der Waals surface area contributed by atoms with Gasteiger partial charge in [0.05, 0.1) is 17.8 Å². The third kappa shape index (κ3) is 2.08. The summed E-state index contributed by atoms with van der Waals surface area (Å²) in [5.74, 6) is 2.45. The average Bonchev–Trinajstić information content (AvgIpc) is 2.49. The van der Waals surface area contributed by atoms with E-state index in [9.17, 15) is 4.79 Å². The van der Waals surface area contributed by atoms with Gasteiger partial charge in [-0.25, -0.2) is 0 Å². The largest absolute Gasteiger partial charge is 0.328 e. The normalized spacial score (nSPS) is 9.94. The number of terminal acetylenes is 1. The SMILES string of the molecule is C#CCN(CC)C(=O)c1c(C)nn(C)c1C. The molecule has 4 nitrogen and oxygen atoms in total. The van der Waals surface area contributed by atoms with E-state index in [1.165, 1.54) is 0 Å². The van der Waals surface area contributed by atoms with Gasteiger partial charge in [0.2, 0.25) is 0 Å². The van der Waals surface area contributed by atoms with Gasteiger partial charge in [-0.15, -0.1) is 6.42 Å². The molecule has 0 aliphatic carbocycles. The van der Waals surface area contributed by atoms with E-state index in [0.29, 0.717) is 18.7 Å². The van der Waals surface area contributed by atoms with Crippen LogP contribution in [0.15, 0.2) is 0 Å². The number of carbonyl (C=O) groups is 1. The summed E-state index contributed by atoms with van der Waals surface area (Å²) in [7, 11) is 1.83. The fourth-order valence-electron chi connectivity index (χ4n) is 1.68. The molecule has 1 rings (SSSR count). The number of amides is 1. The van der Waals surface area contributed by atoms with Gasteiger partial charge in [0.25, 0.3) is 5.91 Å². The Labute approximate surface area is 96.2 Å². The maximum Gasteiger partial charge on any atom is 0.258 e. The molecule has 0 N–H and O–H groups in total. The van der Waals surface area contributed by atoms with Crippen molar-refractivity contribution >= 4 is 5.91 Å². The van der Waals surface area contributed by atoms with Crippen LogP contribution in [-0.4, -0.2) is 33.7 Å². The van der Waals surface area contributed by atoms with Gasteiger partial charge in [-0.05, 0) is 20.8 Å². The quantitative estimate of drug-likeness (QED) is 0.715. The second-order valence-electron chi connectivity index (χ2n) is 3.69. The van der Waals surface area contributed by atoms with Crippen LogP contribution in [0.2, 0.25) is 0 Å². The van der Waals surface area contributed by atoms with Gasteiger partial charge in [-0.2, -0.15) is 5.10 Å². The number of aromatic nitrogens is 2. The van der Waals surface area contributed by atoms with Gasteiger partial charge in [0, 0.05) is 19.3 Å². The van der Waals surface area contributed by atoms with Crippen molar-refractivity contribution in [2.24, 2.45) is 7.05 Å². The van der Waals surface area contributed by atoms with Gasteiger partial charge < -0.3 is 4.90 Å². The number of aryl methyl sites for hydroxylation is 2. The van der Waals surface area contributed by atoms with E-state index >= 15 is 0 Å². The maximum absolute atomic E-state index is 12.2. The second kappa shape index (κ2) is 4.84. The van der Waals surface area contributed by atoms with Gasteiger partial charge in [-0.1, -0.05) is 5.92 Å². The molecule has 1 heterocycles. The molecule has 86 valence electrons. The maximum atomic E-state index is 12.2.